The summed E-state index contributed by atoms with van der Waals surface area (Å²) in [5.74, 6) is 2.07. The number of ether oxygens (including phenoxy) is 1. The summed E-state index contributed by atoms with van der Waals surface area (Å²) in [6, 6.07) is 7.09. The number of sulfonamides is 1. The third-order valence-electron chi connectivity index (χ3n) is 7.10. The van der Waals surface area contributed by atoms with Crippen LogP contribution in [-0.4, -0.2) is 47.6 Å². The molecule has 5 rings (SSSR count). The minimum absolute atomic E-state index is 0.149. The first-order valence-electron chi connectivity index (χ1n) is 11.3. The lowest BCUT2D eigenvalue weighted by Gasteiger charge is -2.37. The number of hydrogen-bond acceptors (Lipinski definition) is 7. The van der Waals surface area contributed by atoms with E-state index in [9.17, 15) is 8.42 Å². The van der Waals surface area contributed by atoms with Gasteiger partial charge in [-0.1, -0.05) is 11.6 Å². The van der Waals surface area contributed by atoms with Crippen LogP contribution in [0.25, 0.3) is 0 Å². The normalized spacial score (nSPS) is 24.9. The van der Waals surface area contributed by atoms with Gasteiger partial charge >= 0.3 is 0 Å². The quantitative estimate of drug-likeness (QED) is 0.631. The lowest BCUT2D eigenvalue weighted by Crippen LogP contribution is -2.47. The average Bonchev–Trinajstić information content (AvgIpc) is 3.62. The van der Waals surface area contributed by atoms with Gasteiger partial charge in [0.05, 0.1) is 39.8 Å². The summed E-state index contributed by atoms with van der Waals surface area (Å²) in [5.41, 5.74) is 1.89. The van der Waals surface area contributed by atoms with Gasteiger partial charge in [0, 0.05) is 19.0 Å². The molecule has 174 valence electrons. The van der Waals surface area contributed by atoms with E-state index in [4.69, 9.17) is 21.6 Å². The highest BCUT2D eigenvalue weighted by atomic mass is 35.5. The Labute approximate surface area is 199 Å². The van der Waals surface area contributed by atoms with E-state index in [0.717, 1.165) is 31.2 Å². The van der Waals surface area contributed by atoms with Gasteiger partial charge in [0.15, 0.2) is 0 Å². The highest BCUT2D eigenvalue weighted by molar-refractivity contribution is 7.90. The first kappa shape index (κ1) is 22.4. The lowest BCUT2D eigenvalue weighted by molar-refractivity contribution is 0.112. The zero-order valence-electron chi connectivity index (χ0n) is 18.4. The number of nitriles is 1. The Morgan fingerprint density at radius 1 is 1.21 bits per heavy atom. The second kappa shape index (κ2) is 8.75. The summed E-state index contributed by atoms with van der Waals surface area (Å²) >= 11 is 6.28. The SMILES string of the molecule is Cc1c(Nc2ccc(C#N)cc2Cl)ncnc1OCC1C2CCC1CN(S(=O)(=O)C1CC1)C2. The van der Waals surface area contributed by atoms with E-state index in [0.29, 0.717) is 65.4 Å². The molecule has 8 nitrogen and oxygen atoms in total. The van der Waals surface area contributed by atoms with E-state index in [-0.39, 0.29) is 5.25 Å². The fourth-order valence-corrected chi connectivity index (χ4v) is 7.22. The van der Waals surface area contributed by atoms with Crippen molar-refractivity contribution in [2.75, 3.05) is 25.0 Å². The standard InChI is InChI=1S/C23H26ClN5O3S/c1-14-22(28-21-7-2-15(9-25)8-20(21)24)26-13-27-23(14)32-12-19-16-3-4-17(19)11-29(10-16)33(30,31)18-5-6-18/h2,7-8,13,16-19H,3-6,10-12H2,1H3,(H,26,27,28). The van der Waals surface area contributed by atoms with E-state index >= 15 is 0 Å². The number of nitrogens with one attached hydrogen (secondary N) is 1. The smallest absolute Gasteiger partial charge is 0.221 e. The van der Waals surface area contributed by atoms with E-state index in [1.165, 1.54) is 6.33 Å². The fraction of sp³-hybridized carbons (Fsp3) is 0.522. The molecule has 2 heterocycles. The first-order chi connectivity index (χ1) is 15.9. The second-order valence-corrected chi connectivity index (χ2v) is 11.8. The van der Waals surface area contributed by atoms with Crippen molar-refractivity contribution in [3.05, 3.63) is 40.7 Å². The van der Waals surface area contributed by atoms with Crippen molar-refractivity contribution >= 4 is 33.1 Å². The van der Waals surface area contributed by atoms with Crippen LogP contribution in [0.4, 0.5) is 11.5 Å². The number of anilines is 2. The summed E-state index contributed by atoms with van der Waals surface area (Å²) in [6.45, 7) is 3.61. The van der Waals surface area contributed by atoms with Gasteiger partial charge in [0.1, 0.15) is 12.1 Å². The Kier molecular flexibility index (Phi) is 5.93. The number of nitrogens with zero attached hydrogens (tertiary/aromatic N) is 4. The fourth-order valence-electron chi connectivity index (χ4n) is 5.04. The molecule has 1 aromatic carbocycles. The van der Waals surface area contributed by atoms with Crippen molar-refractivity contribution in [2.45, 2.75) is 37.9 Å². The molecule has 2 unspecified atom stereocenters. The van der Waals surface area contributed by atoms with Gasteiger partial charge in [0.2, 0.25) is 15.9 Å². The maximum absolute atomic E-state index is 12.7. The van der Waals surface area contributed by atoms with Crippen LogP contribution in [0.2, 0.25) is 5.02 Å². The molecule has 1 saturated heterocycles. The molecule has 2 saturated carbocycles. The molecular weight excluding hydrogens is 462 g/mol. The first-order valence-corrected chi connectivity index (χ1v) is 13.1. The van der Waals surface area contributed by atoms with Crippen LogP contribution in [-0.2, 0) is 10.0 Å². The predicted octanol–water partition coefficient (Wildman–Crippen LogP) is 3.88. The largest absolute Gasteiger partial charge is 0.477 e. The van der Waals surface area contributed by atoms with Crippen molar-refractivity contribution in [3.8, 4) is 11.9 Å². The van der Waals surface area contributed by atoms with Crippen LogP contribution < -0.4 is 10.1 Å². The number of aromatic nitrogens is 2. The molecule has 2 bridgehead atoms. The number of fused-ring (bicyclic) bond motifs is 2. The van der Waals surface area contributed by atoms with Gasteiger partial charge in [0.25, 0.3) is 0 Å². The van der Waals surface area contributed by atoms with E-state index in [1.807, 2.05) is 6.92 Å². The molecule has 0 radical (unpaired) electrons. The topological polar surface area (TPSA) is 108 Å². The van der Waals surface area contributed by atoms with Crippen molar-refractivity contribution in [1.82, 2.24) is 14.3 Å². The summed E-state index contributed by atoms with van der Waals surface area (Å²) < 4.78 is 33.3. The maximum Gasteiger partial charge on any atom is 0.221 e. The van der Waals surface area contributed by atoms with E-state index < -0.39 is 10.0 Å². The molecule has 0 amide bonds. The van der Waals surface area contributed by atoms with Crippen molar-refractivity contribution in [2.24, 2.45) is 17.8 Å². The highest BCUT2D eigenvalue weighted by Gasteiger charge is 2.49. The third kappa shape index (κ3) is 4.39. The number of halogens is 1. The zero-order chi connectivity index (χ0) is 23.2. The third-order valence-corrected chi connectivity index (χ3v) is 9.75. The molecule has 0 spiro atoms. The lowest BCUT2D eigenvalue weighted by atomic mass is 9.87. The van der Waals surface area contributed by atoms with Crippen LogP contribution in [0.5, 0.6) is 5.88 Å². The zero-order valence-corrected chi connectivity index (χ0v) is 19.9. The maximum atomic E-state index is 12.7. The molecule has 3 fully saturated rings. The molecule has 1 aliphatic heterocycles. The second-order valence-electron chi connectivity index (χ2n) is 9.22. The molecule has 10 heteroatoms. The van der Waals surface area contributed by atoms with Crippen LogP contribution in [0.15, 0.2) is 24.5 Å². The van der Waals surface area contributed by atoms with Gasteiger partial charge < -0.3 is 10.1 Å². The minimum Gasteiger partial charge on any atom is -0.477 e. The Morgan fingerprint density at radius 3 is 2.58 bits per heavy atom. The van der Waals surface area contributed by atoms with Crippen LogP contribution in [0, 0.1) is 36.0 Å². The Morgan fingerprint density at radius 2 is 1.94 bits per heavy atom. The van der Waals surface area contributed by atoms with Crippen molar-refractivity contribution in [3.63, 3.8) is 0 Å². The van der Waals surface area contributed by atoms with Gasteiger partial charge in [-0.25, -0.2) is 22.7 Å². The van der Waals surface area contributed by atoms with Crippen LogP contribution >= 0.6 is 11.6 Å². The van der Waals surface area contributed by atoms with Crippen molar-refractivity contribution in [1.29, 1.82) is 5.26 Å². The predicted molar refractivity (Wildman–Crippen MR) is 125 cm³/mol. The number of benzene rings is 1. The minimum atomic E-state index is -3.12. The van der Waals surface area contributed by atoms with Gasteiger partial charge in [-0.2, -0.15) is 5.26 Å². The molecule has 1 N–H and O–H groups in total. The molecule has 2 atom stereocenters. The Hall–Kier alpha value is -2.41. The van der Waals surface area contributed by atoms with Crippen LogP contribution in [0.3, 0.4) is 0 Å². The number of piperidine rings is 1. The average molecular weight is 488 g/mol. The number of hydrogen-bond donors (Lipinski definition) is 1. The van der Waals surface area contributed by atoms with Gasteiger partial charge in [-0.15, -0.1) is 0 Å². The van der Waals surface area contributed by atoms with E-state index in [2.05, 4.69) is 21.4 Å². The van der Waals surface area contributed by atoms with Gasteiger partial charge in [-0.3, -0.25) is 0 Å². The van der Waals surface area contributed by atoms with Crippen molar-refractivity contribution < 1.29 is 13.2 Å². The summed E-state index contributed by atoms with van der Waals surface area (Å²) in [4.78, 5) is 8.63. The molecule has 3 aliphatic rings. The molecule has 2 aliphatic carbocycles. The summed E-state index contributed by atoms with van der Waals surface area (Å²) in [7, 11) is -3.12. The van der Waals surface area contributed by atoms with E-state index in [1.54, 1.807) is 22.5 Å². The van der Waals surface area contributed by atoms with Gasteiger partial charge in [-0.05, 0) is 62.6 Å². The molecular formula is C23H26ClN5O3S. The van der Waals surface area contributed by atoms with Crippen LogP contribution in [0.1, 0.15) is 36.8 Å². The molecule has 2 aromatic rings. The Bertz CT molecular complexity index is 1200. The Balaban J connectivity index is 1.25. The molecule has 1 aromatic heterocycles. The summed E-state index contributed by atoms with van der Waals surface area (Å²) in [6.07, 6.45) is 5.14. The monoisotopic (exact) mass is 487 g/mol. The number of rotatable bonds is 7. The summed E-state index contributed by atoms with van der Waals surface area (Å²) in [5, 5.41) is 12.5. The highest BCUT2D eigenvalue weighted by Crippen LogP contribution is 2.45. The molecule has 33 heavy (non-hydrogen) atoms.